The lowest BCUT2D eigenvalue weighted by molar-refractivity contribution is -0.124. The second-order valence-electron chi connectivity index (χ2n) is 7.39. The van der Waals surface area contributed by atoms with Crippen molar-refractivity contribution >= 4 is 23.4 Å². The van der Waals surface area contributed by atoms with Crippen LogP contribution in [0.3, 0.4) is 0 Å². The van der Waals surface area contributed by atoms with Crippen LogP contribution in [0.1, 0.15) is 29.6 Å². The molecule has 2 amide bonds. The third kappa shape index (κ3) is 3.80. The van der Waals surface area contributed by atoms with Crippen molar-refractivity contribution in [1.29, 1.82) is 0 Å². The molecular formula is C20H19ClFN3O3. The number of carbonyl (C=O) groups is 2. The molecule has 3 aliphatic carbocycles. The van der Waals surface area contributed by atoms with Crippen LogP contribution in [0.4, 0.5) is 4.39 Å². The van der Waals surface area contributed by atoms with E-state index >= 15 is 0 Å². The molecule has 0 unspecified atom stereocenters. The fourth-order valence-electron chi connectivity index (χ4n) is 4.08. The number of nitrogens with zero attached hydrogens (tertiary/aromatic N) is 1. The molecule has 1 aromatic heterocycles. The van der Waals surface area contributed by atoms with Gasteiger partial charge in [0.25, 0.3) is 11.8 Å². The Morgan fingerprint density at radius 1 is 1.29 bits per heavy atom. The van der Waals surface area contributed by atoms with Crippen LogP contribution in [0.25, 0.3) is 0 Å². The van der Waals surface area contributed by atoms with Crippen molar-refractivity contribution in [3.8, 4) is 5.75 Å². The number of fused-ring (bicyclic) bond motifs is 1. The molecule has 3 saturated carbocycles. The fraction of sp³-hybridized carbons (Fsp3) is 0.350. The number of carbonyl (C=O) groups excluding carboxylic acids is 2. The number of hydrogen-bond donors (Lipinski definition) is 2. The molecular weight excluding hydrogens is 385 g/mol. The Morgan fingerprint density at radius 2 is 2.11 bits per heavy atom. The summed E-state index contributed by atoms with van der Waals surface area (Å²) in [7, 11) is 0. The Bertz CT molecular complexity index is 903. The maximum Gasteiger partial charge on any atom is 0.258 e. The molecule has 0 radical (unpaired) electrons. The topological polar surface area (TPSA) is 80.3 Å². The van der Waals surface area contributed by atoms with Gasteiger partial charge < -0.3 is 15.4 Å². The first-order chi connectivity index (χ1) is 13.4. The van der Waals surface area contributed by atoms with E-state index in [9.17, 15) is 14.0 Å². The molecule has 28 heavy (non-hydrogen) atoms. The molecule has 0 aliphatic heterocycles. The highest BCUT2D eigenvalue weighted by molar-refractivity contribution is 6.30. The highest BCUT2D eigenvalue weighted by atomic mass is 35.5. The van der Waals surface area contributed by atoms with Crippen LogP contribution in [-0.4, -0.2) is 35.0 Å². The number of aromatic nitrogens is 1. The van der Waals surface area contributed by atoms with Crippen LogP contribution in [-0.2, 0) is 4.79 Å². The van der Waals surface area contributed by atoms with Crippen LogP contribution in [0.15, 0.2) is 42.7 Å². The Labute approximate surface area is 166 Å². The Balaban J connectivity index is 1.27. The van der Waals surface area contributed by atoms with E-state index in [0.29, 0.717) is 17.9 Å². The summed E-state index contributed by atoms with van der Waals surface area (Å²) in [6.45, 7) is -0.209. The van der Waals surface area contributed by atoms with Crippen LogP contribution in [0, 0.1) is 11.7 Å². The molecule has 2 bridgehead atoms. The van der Waals surface area contributed by atoms with Gasteiger partial charge in [0.15, 0.2) is 6.61 Å². The molecule has 1 heterocycles. The number of amides is 2. The molecule has 2 aromatic rings. The number of rotatable bonds is 6. The van der Waals surface area contributed by atoms with E-state index in [1.165, 1.54) is 18.3 Å². The Kier molecular flexibility index (Phi) is 4.93. The number of hydrogen-bond acceptors (Lipinski definition) is 4. The van der Waals surface area contributed by atoms with E-state index in [-0.39, 0.29) is 40.8 Å². The van der Waals surface area contributed by atoms with Gasteiger partial charge in [0.1, 0.15) is 11.6 Å². The van der Waals surface area contributed by atoms with Crippen molar-refractivity contribution < 1.29 is 18.7 Å². The van der Waals surface area contributed by atoms with Gasteiger partial charge in [-0.15, -0.1) is 0 Å². The minimum Gasteiger partial charge on any atom is -0.484 e. The predicted molar refractivity (Wildman–Crippen MR) is 101 cm³/mol. The molecule has 3 fully saturated rings. The summed E-state index contributed by atoms with van der Waals surface area (Å²) in [6, 6.07) is 7.47. The molecule has 2 N–H and O–H groups in total. The van der Waals surface area contributed by atoms with Gasteiger partial charge in [-0.2, -0.15) is 0 Å². The zero-order chi connectivity index (χ0) is 19.7. The van der Waals surface area contributed by atoms with E-state index in [0.717, 1.165) is 18.9 Å². The molecule has 0 spiro atoms. The van der Waals surface area contributed by atoms with E-state index in [1.54, 1.807) is 18.3 Å². The number of pyridine rings is 1. The molecule has 146 valence electrons. The third-order valence-corrected chi connectivity index (χ3v) is 5.70. The zero-order valence-corrected chi connectivity index (χ0v) is 15.7. The number of benzene rings is 1. The smallest absolute Gasteiger partial charge is 0.258 e. The summed E-state index contributed by atoms with van der Waals surface area (Å²) in [5, 5.41) is 6.05. The molecule has 1 atom stereocenters. The van der Waals surface area contributed by atoms with E-state index in [4.69, 9.17) is 16.3 Å². The lowest BCUT2D eigenvalue weighted by atomic mass is 9.76. The largest absolute Gasteiger partial charge is 0.484 e. The van der Waals surface area contributed by atoms with Gasteiger partial charge in [-0.1, -0.05) is 11.6 Å². The van der Waals surface area contributed by atoms with Crippen molar-refractivity contribution in [3.05, 3.63) is 59.1 Å². The van der Waals surface area contributed by atoms with E-state index in [1.807, 2.05) is 0 Å². The summed E-state index contributed by atoms with van der Waals surface area (Å²) >= 11 is 5.62. The maximum absolute atomic E-state index is 13.4. The first-order valence-electron chi connectivity index (χ1n) is 9.04. The van der Waals surface area contributed by atoms with E-state index in [2.05, 4.69) is 15.6 Å². The van der Waals surface area contributed by atoms with Crippen molar-refractivity contribution in [1.82, 2.24) is 15.6 Å². The highest BCUT2D eigenvalue weighted by Crippen LogP contribution is 2.52. The molecule has 6 nitrogen and oxygen atoms in total. The van der Waals surface area contributed by atoms with Crippen molar-refractivity contribution in [2.45, 2.75) is 30.8 Å². The van der Waals surface area contributed by atoms with Crippen molar-refractivity contribution in [2.24, 2.45) is 5.92 Å². The summed E-state index contributed by atoms with van der Waals surface area (Å²) < 4.78 is 18.7. The number of ether oxygens (including phenoxy) is 1. The minimum absolute atomic E-state index is 0.00108. The molecule has 0 saturated heterocycles. The van der Waals surface area contributed by atoms with Gasteiger partial charge >= 0.3 is 0 Å². The van der Waals surface area contributed by atoms with Gasteiger partial charge in [0, 0.05) is 30.0 Å². The molecule has 3 aliphatic rings. The van der Waals surface area contributed by atoms with Crippen LogP contribution in [0.5, 0.6) is 5.75 Å². The number of nitrogens with one attached hydrogen (secondary N) is 2. The first kappa shape index (κ1) is 18.7. The standard InChI is InChI=1S/C20H19ClFN3O3/c21-15-4-3-14(6-16(15)22)28-11-18(26)24-17-9-20(7-13(17)8-20)25-19(27)12-2-1-5-23-10-12/h1-6,10,13,17H,7-9,11H2,(H,24,26)(H,25,27)/t13?,17-,20?/m0/s1. The minimum atomic E-state index is -0.595. The normalized spacial score (nSPS) is 24.9. The first-order valence-corrected chi connectivity index (χ1v) is 9.42. The monoisotopic (exact) mass is 403 g/mol. The average Bonchev–Trinajstić information content (AvgIpc) is 3.17. The van der Waals surface area contributed by atoms with Gasteiger partial charge in [-0.05, 0) is 49.4 Å². The van der Waals surface area contributed by atoms with Gasteiger partial charge in [-0.3, -0.25) is 14.6 Å². The van der Waals surface area contributed by atoms with Crippen LogP contribution in [0.2, 0.25) is 5.02 Å². The molecule has 8 heteroatoms. The van der Waals surface area contributed by atoms with Crippen LogP contribution >= 0.6 is 11.6 Å². The molecule has 1 aromatic carbocycles. The lowest BCUT2D eigenvalue weighted by Gasteiger charge is -2.39. The van der Waals surface area contributed by atoms with Gasteiger partial charge in [-0.25, -0.2) is 4.39 Å². The average molecular weight is 404 g/mol. The fourth-order valence-corrected chi connectivity index (χ4v) is 4.20. The molecule has 5 rings (SSSR count). The second kappa shape index (κ2) is 7.39. The van der Waals surface area contributed by atoms with Gasteiger partial charge in [0.2, 0.25) is 0 Å². The summed E-state index contributed by atoms with van der Waals surface area (Å²) in [5.74, 6) is -0.435. The predicted octanol–water partition coefficient (Wildman–Crippen LogP) is 2.72. The lowest BCUT2D eigenvalue weighted by Crippen LogP contribution is -2.51. The quantitative estimate of drug-likeness (QED) is 0.777. The Morgan fingerprint density at radius 3 is 2.82 bits per heavy atom. The van der Waals surface area contributed by atoms with Gasteiger partial charge in [0.05, 0.1) is 10.6 Å². The highest BCUT2D eigenvalue weighted by Gasteiger charge is 2.57. The zero-order valence-electron chi connectivity index (χ0n) is 15.0. The SMILES string of the molecule is O=C(COc1ccc(Cl)c(F)c1)N[C@H]1CC2(NC(=O)c3cccnc3)CC1C2. The van der Waals surface area contributed by atoms with E-state index < -0.39 is 5.82 Å². The summed E-state index contributed by atoms with van der Waals surface area (Å²) in [5.41, 5.74) is 0.256. The third-order valence-electron chi connectivity index (χ3n) is 5.40. The van der Waals surface area contributed by atoms with Crippen molar-refractivity contribution in [3.63, 3.8) is 0 Å². The van der Waals surface area contributed by atoms with Crippen molar-refractivity contribution in [2.75, 3.05) is 6.61 Å². The summed E-state index contributed by atoms with van der Waals surface area (Å²) in [6.07, 6.45) is 5.52. The maximum atomic E-state index is 13.4. The second-order valence-corrected chi connectivity index (χ2v) is 7.79. The van der Waals surface area contributed by atoms with Crippen LogP contribution < -0.4 is 15.4 Å². The number of halogens is 2. The summed E-state index contributed by atoms with van der Waals surface area (Å²) in [4.78, 5) is 28.5. The Hall–Kier alpha value is -2.67.